The average Bonchev–Trinajstić information content (AvgIpc) is 2.67. The third-order valence-corrected chi connectivity index (χ3v) is 2.68. The van der Waals surface area contributed by atoms with Gasteiger partial charge in [-0.3, -0.25) is 0 Å². The number of thioether (sulfide) groups is 1. The molecule has 2 rings (SSSR count). The Labute approximate surface area is 85.9 Å². The fourth-order valence-electron chi connectivity index (χ4n) is 1.08. The largest absolute Gasteiger partial charge is 0.341 e. The van der Waals surface area contributed by atoms with E-state index < -0.39 is 0 Å². The minimum Gasteiger partial charge on any atom is -0.341 e. The number of fused-ring (bicyclic) bond motifs is 1. The van der Waals surface area contributed by atoms with E-state index in [2.05, 4.69) is 26.0 Å². The van der Waals surface area contributed by atoms with Crippen LogP contribution in [0.4, 0.5) is 0 Å². The molecule has 2 heterocycles. The van der Waals surface area contributed by atoms with Crippen LogP contribution in [0.3, 0.4) is 0 Å². The maximum absolute atomic E-state index is 4.20. The van der Waals surface area contributed by atoms with Gasteiger partial charge in [0.25, 0.3) is 0 Å². The Morgan fingerprint density at radius 3 is 3.21 bits per heavy atom. The van der Waals surface area contributed by atoms with Gasteiger partial charge < -0.3 is 4.98 Å². The van der Waals surface area contributed by atoms with Crippen molar-refractivity contribution >= 4 is 22.9 Å². The molecule has 5 heteroatoms. The molecule has 0 atom stereocenters. The summed E-state index contributed by atoms with van der Waals surface area (Å²) in [7, 11) is 0. The molecule has 0 saturated carbocycles. The fraction of sp³-hybridized carbons (Fsp3) is 0.222. The third kappa shape index (κ3) is 1.77. The van der Waals surface area contributed by atoms with Gasteiger partial charge in [0, 0.05) is 5.75 Å². The molecular weight excluding hydrogens is 196 g/mol. The zero-order chi connectivity index (χ0) is 9.80. The monoisotopic (exact) mass is 206 g/mol. The Morgan fingerprint density at radius 2 is 2.36 bits per heavy atom. The minimum absolute atomic E-state index is 0.725. The van der Waals surface area contributed by atoms with Gasteiger partial charge in [-0.2, -0.15) is 0 Å². The molecular formula is C9H10N4S. The number of nitrogens with zero attached hydrogens (tertiary/aromatic N) is 3. The molecule has 4 nitrogen and oxygen atoms in total. The van der Waals surface area contributed by atoms with Crippen LogP contribution in [-0.2, 0) is 0 Å². The molecule has 0 aliphatic rings. The van der Waals surface area contributed by atoms with Crippen molar-refractivity contribution in [2.24, 2.45) is 0 Å². The first-order valence-electron chi connectivity index (χ1n) is 4.30. The zero-order valence-electron chi connectivity index (χ0n) is 7.77. The smallest absolute Gasteiger partial charge is 0.181 e. The summed E-state index contributed by atoms with van der Waals surface area (Å²) in [4.78, 5) is 15.3. The predicted octanol–water partition coefficient (Wildman–Crippen LogP) is 2.02. The van der Waals surface area contributed by atoms with Gasteiger partial charge >= 0.3 is 0 Å². The number of nitrogens with one attached hydrogen (secondary N) is 1. The number of H-pyrrole nitrogens is 1. The Balaban J connectivity index is 2.27. The molecule has 0 spiro atoms. The second-order valence-electron chi connectivity index (χ2n) is 2.66. The lowest BCUT2D eigenvalue weighted by Crippen LogP contribution is -1.86. The van der Waals surface area contributed by atoms with Crippen LogP contribution in [-0.4, -0.2) is 25.7 Å². The lowest BCUT2D eigenvalue weighted by molar-refractivity contribution is 1.09. The van der Waals surface area contributed by atoms with Crippen LogP contribution < -0.4 is 0 Å². The fourth-order valence-corrected chi connectivity index (χ4v) is 1.94. The molecule has 2 aromatic heterocycles. The van der Waals surface area contributed by atoms with E-state index >= 15 is 0 Å². The van der Waals surface area contributed by atoms with E-state index in [1.807, 2.05) is 13.0 Å². The van der Waals surface area contributed by atoms with Gasteiger partial charge in [0.15, 0.2) is 5.65 Å². The summed E-state index contributed by atoms with van der Waals surface area (Å²) in [6.45, 7) is 2.01. The average molecular weight is 206 g/mol. The van der Waals surface area contributed by atoms with Crippen molar-refractivity contribution in [2.75, 3.05) is 5.75 Å². The van der Waals surface area contributed by atoms with Crippen molar-refractivity contribution in [3.63, 3.8) is 0 Å². The van der Waals surface area contributed by atoms with Crippen LogP contribution >= 0.6 is 11.8 Å². The molecule has 14 heavy (non-hydrogen) atoms. The first-order valence-corrected chi connectivity index (χ1v) is 5.28. The second kappa shape index (κ2) is 4.23. The minimum atomic E-state index is 0.725. The number of imidazole rings is 1. The van der Waals surface area contributed by atoms with Crippen molar-refractivity contribution < 1.29 is 0 Å². The van der Waals surface area contributed by atoms with Crippen LogP contribution in [0.2, 0.25) is 0 Å². The van der Waals surface area contributed by atoms with Crippen molar-refractivity contribution in [1.29, 1.82) is 0 Å². The highest BCUT2D eigenvalue weighted by molar-refractivity contribution is 7.99. The second-order valence-corrected chi connectivity index (χ2v) is 3.67. The number of allylic oxidation sites excluding steroid dienone is 1. The summed E-state index contributed by atoms with van der Waals surface area (Å²) in [6.07, 6.45) is 7.30. The summed E-state index contributed by atoms with van der Waals surface area (Å²) in [6, 6.07) is 0. The summed E-state index contributed by atoms with van der Waals surface area (Å²) in [5.74, 6) is 0.918. The van der Waals surface area contributed by atoms with Crippen molar-refractivity contribution in [3.05, 3.63) is 24.8 Å². The van der Waals surface area contributed by atoms with Crippen LogP contribution in [0, 0.1) is 0 Å². The topological polar surface area (TPSA) is 54.5 Å². The van der Waals surface area contributed by atoms with Gasteiger partial charge in [0.2, 0.25) is 0 Å². The Kier molecular flexibility index (Phi) is 2.78. The predicted molar refractivity (Wildman–Crippen MR) is 57.2 cm³/mol. The van der Waals surface area contributed by atoms with Crippen LogP contribution in [0.25, 0.3) is 11.2 Å². The molecule has 0 saturated heterocycles. The highest BCUT2D eigenvalue weighted by Gasteiger charge is 2.04. The number of aromatic amines is 1. The van der Waals surface area contributed by atoms with E-state index in [0.717, 1.165) is 21.9 Å². The lowest BCUT2D eigenvalue weighted by Gasteiger charge is -1.97. The van der Waals surface area contributed by atoms with Crippen LogP contribution in [0.15, 0.2) is 29.8 Å². The number of hydrogen-bond acceptors (Lipinski definition) is 4. The molecule has 0 aromatic carbocycles. The zero-order valence-corrected chi connectivity index (χ0v) is 8.58. The Hall–Kier alpha value is -1.36. The quantitative estimate of drug-likeness (QED) is 0.474. The summed E-state index contributed by atoms with van der Waals surface area (Å²) in [5, 5.41) is 0.950. The molecule has 0 radical (unpaired) electrons. The third-order valence-electron chi connectivity index (χ3n) is 1.74. The Bertz CT molecular complexity index is 449. The highest BCUT2D eigenvalue weighted by Crippen LogP contribution is 2.21. The first kappa shape index (κ1) is 9.21. The molecule has 2 aromatic rings. The standard InChI is InChI=1S/C9H10N4S/c1-2-3-4-14-9-7-8(11-5-10-7)12-6-13-9/h2-3,5-6H,4H2,1H3,(H,10,11,12,13)/b3-2+. The molecule has 1 N–H and O–H groups in total. The van der Waals surface area contributed by atoms with Crippen LogP contribution in [0.5, 0.6) is 0 Å². The van der Waals surface area contributed by atoms with E-state index in [9.17, 15) is 0 Å². The van der Waals surface area contributed by atoms with Gasteiger partial charge in [-0.25, -0.2) is 15.0 Å². The molecule has 0 unspecified atom stereocenters. The number of aromatic nitrogens is 4. The van der Waals surface area contributed by atoms with Gasteiger partial charge in [0.05, 0.1) is 6.33 Å². The van der Waals surface area contributed by atoms with E-state index in [4.69, 9.17) is 0 Å². The molecule has 0 fully saturated rings. The van der Waals surface area contributed by atoms with Crippen LogP contribution in [0.1, 0.15) is 6.92 Å². The maximum Gasteiger partial charge on any atom is 0.181 e. The Morgan fingerprint density at radius 1 is 1.43 bits per heavy atom. The van der Waals surface area contributed by atoms with Gasteiger partial charge in [-0.05, 0) is 6.92 Å². The van der Waals surface area contributed by atoms with Crippen molar-refractivity contribution in [3.8, 4) is 0 Å². The van der Waals surface area contributed by atoms with Gasteiger partial charge in [-0.1, -0.05) is 23.9 Å². The molecule has 0 aliphatic carbocycles. The summed E-state index contributed by atoms with van der Waals surface area (Å²) in [5.41, 5.74) is 1.64. The normalized spacial score (nSPS) is 11.5. The number of rotatable bonds is 3. The van der Waals surface area contributed by atoms with Gasteiger partial charge in [0.1, 0.15) is 16.9 Å². The van der Waals surface area contributed by atoms with Crippen molar-refractivity contribution in [1.82, 2.24) is 19.9 Å². The summed E-state index contributed by atoms with van der Waals surface area (Å²) < 4.78 is 0. The van der Waals surface area contributed by atoms with Gasteiger partial charge in [-0.15, -0.1) is 0 Å². The van der Waals surface area contributed by atoms with Crippen molar-refractivity contribution in [2.45, 2.75) is 11.9 Å². The molecule has 72 valence electrons. The number of hydrogen-bond donors (Lipinski definition) is 1. The van der Waals surface area contributed by atoms with E-state index in [0.29, 0.717) is 0 Å². The van der Waals surface area contributed by atoms with E-state index in [1.165, 1.54) is 0 Å². The highest BCUT2D eigenvalue weighted by atomic mass is 32.2. The molecule has 0 amide bonds. The SMILES string of the molecule is C/C=C/CSc1ncnc2nc[nH]c12. The lowest BCUT2D eigenvalue weighted by atomic mass is 10.6. The molecule has 0 bridgehead atoms. The van der Waals surface area contributed by atoms with E-state index in [-0.39, 0.29) is 0 Å². The summed E-state index contributed by atoms with van der Waals surface area (Å²) >= 11 is 1.67. The molecule has 0 aliphatic heterocycles. The van der Waals surface area contributed by atoms with E-state index in [1.54, 1.807) is 24.4 Å². The first-order chi connectivity index (χ1) is 6.92. The maximum atomic E-state index is 4.20.